The van der Waals surface area contributed by atoms with Gasteiger partial charge in [-0.05, 0) is 63.7 Å². The monoisotopic (exact) mass is 504 g/mol. The van der Waals surface area contributed by atoms with Crippen molar-refractivity contribution in [1.29, 1.82) is 0 Å². The normalized spacial score (nSPS) is 19.5. The molecule has 0 saturated carbocycles. The zero-order valence-electron chi connectivity index (χ0n) is 18.5. The average molecular weight is 505 g/mol. The Bertz CT molecular complexity index is 1240. The third kappa shape index (κ3) is 4.00. The summed E-state index contributed by atoms with van der Waals surface area (Å²) in [7, 11) is 3.23. The number of nitrogens with one attached hydrogen (secondary N) is 2. The minimum absolute atomic E-state index is 0.146. The predicted octanol–water partition coefficient (Wildman–Crippen LogP) is 6.45. The molecule has 6 heteroatoms. The minimum atomic E-state index is -0.323. The van der Waals surface area contributed by atoms with E-state index in [1.165, 1.54) is 5.56 Å². The summed E-state index contributed by atoms with van der Waals surface area (Å²) in [5, 5.41) is 7.20. The highest BCUT2D eigenvalue weighted by molar-refractivity contribution is 9.10. The molecular formula is C27H25BrN2O3. The van der Waals surface area contributed by atoms with Crippen LogP contribution in [0.15, 0.2) is 82.5 Å². The number of allylic oxidation sites excluding steroid dienone is 1. The fourth-order valence-electron chi connectivity index (χ4n) is 4.81. The summed E-state index contributed by atoms with van der Waals surface area (Å²) in [4.78, 5) is 13.7. The number of ether oxygens (including phenoxy) is 2. The van der Waals surface area contributed by atoms with E-state index in [9.17, 15) is 4.79 Å². The summed E-state index contributed by atoms with van der Waals surface area (Å²) in [6.45, 7) is 0. The van der Waals surface area contributed by atoms with Gasteiger partial charge in [0.1, 0.15) is 0 Å². The van der Waals surface area contributed by atoms with E-state index in [2.05, 4.69) is 38.7 Å². The molecule has 33 heavy (non-hydrogen) atoms. The van der Waals surface area contributed by atoms with Gasteiger partial charge in [0, 0.05) is 17.7 Å². The second kappa shape index (κ2) is 8.94. The minimum Gasteiger partial charge on any atom is -0.493 e. The molecule has 2 unspecified atom stereocenters. The smallest absolute Gasteiger partial charge is 0.174 e. The summed E-state index contributed by atoms with van der Waals surface area (Å²) in [6, 6.07) is 22.0. The van der Waals surface area contributed by atoms with Crippen LogP contribution in [-0.2, 0) is 4.79 Å². The number of carbonyl (C=O) groups excluding carboxylic acids is 1. The van der Waals surface area contributed by atoms with Crippen LogP contribution in [0.4, 0.5) is 11.4 Å². The van der Waals surface area contributed by atoms with Gasteiger partial charge in [-0.25, -0.2) is 0 Å². The lowest BCUT2D eigenvalue weighted by atomic mass is 9.78. The van der Waals surface area contributed by atoms with Gasteiger partial charge in [-0.3, -0.25) is 4.79 Å². The molecule has 2 atom stereocenters. The van der Waals surface area contributed by atoms with E-state index < -0.39 is 0 Å². The van der Waals surface area contributed by atoms with Gasteiger partial charge in [0.15, 0.2) is 17.3 Å². The fraction of sp³-hybridized carbons (Fsp3) is 0.222. The molecule has 3 aromatic rings. The standard InChI is InChI=1S/C27H25BrN2O3/c1-32-24-15-18(12-19(28)27(24)33-2)26-25-22(29-20-10-6-7-11-21(20)30-26)13-17(14-23(25)31)16-8-4-3-5-9-16/h3-12,15,17,26,29-30H,13-14H2,1-2H3. The SMILES string of the molecule is COc1cc(C2Nc3ccccc3NC3=C2C(=O)CC(c2ccccc2)C3)cc(Br)c1OC. The van der Waals surface area contributed by atoms with Crippen molar-refractivity contribution < 1.29 is 14.3 Å². The van der Waals surface area contributed by atoms with Gasteiger partial charge in [0.25, 0.3) is 0 Å². The van der Waals surface area contributed by atoms with Crippen molar-refractivity contribution in [3.63, 3.8) is 0 Å². The number of Topliss-reactive ketones (excluding diaryl/α,β-unsaturated/α-hetero) is 1. The van der Waals surface area contributed by atoms with Gasteiger partial charge < -0.3 is 20.1 Å². The largest absolute Gasteiger partial charge is 0.493 e. The highest BCUT2D eigenvalue weighted by Gasteiger charge is 2.36. The van der Waals surface area contributed by atoms with E-state index in [0.29, 0.717) is 17.9 Å². The van der Waals surface area contributed by atoms with Gasteiger partial charge in [-0.2, -0.15) is 0 Å². The Balaban J connectivity index is 1.64. The quantitative estimate of drug-likeness (QED) is 0.427. The molecule has 0 radical (unpaired) electrons. The summed E-state index contributed by atoms with van der Waals surface area (Å²) >= 11 is 3.61. The Morgan fingerprint density at radius 1 is 0.879 bits per heavy atom. The summed E-state index contributed by atoms with van der Waals surface area (Å²) in [5.74, 6) is 1.53. The Labute approximate surface area is 201 Å². The lowest BCUT2D eigenvalue weighted by molar-refractivity contribution is -0.116. The number of rotatable bonds is 4. The molecule has 2 N–H and O–H groups in total. The van der Waals surface area contributed by atoms with Crippen molar-refractivity contribution in [3.8, 4) is 11.5 Å². The number of anilines is 2. The zero-order valence-corrected chi connectivity index (χ0v) is 20.1. The summed E-state index contributed by atoms with van der Waals surface area (Å²) in [6.07, 6.45) is 1.25. The number of carbonyl (C=O) groups is 1. The first-order chi connectivity index (χ1) is 16.1. The van der Waals surface area contributed by atoms with E-state index in [4.69, 9.17) is 9.47 Å². The molecule has 3 aromatic carbocycles. The molecule has 0 bridgehead atoms. The molecule has 0 amide bonds. The second-order valence-electron chi connectivity index (χ2n) is 8.32. The Morgan fingerprint density at radius 2 is 1.61 bits per heavy atom. The predicted molar refractivity (Wildman–Crippen MR) is 134 cm³/mol. The Hall–Kier alpha value is -3.25. The van der Waals surface area contributed by atoms with E-state index in [1.54, 1.807) is 14.2 Å². The molecule has 168 valence electrons. The van der Waals surface area contributed by atoms with Crippen molar-refractivity contribution in [2.45, 2.75) is 24.8 Å². The third-order valence-corrected chi connectivity index (χ3v) is 6.96. The molecule has 0 saturated heterocycles. The van der Waals surface area contributed by atoms with Crippen LogP contribution >= 0.6 is 15.9 Å². The first-order valence-corrected chi connectivity index (χ1v) is 11.7. The summed E-state index contributed by atoms with van der Waals surface area (Å²) < 4.78 is 11.9. The van der Waals surface area contributed by atoms with Crippen molar-refractivity contribution in [2.24, 2.45) is 0 Å². The maximum Gasteiger partial charge on any atom is 0.174 e. The number of para-hydroxylation sites is 2. The van der Waals surface area contributed by atoms with E-state index in [1.807, 2.05) is 54.6 Å². The molecule has 1 heterocycles. The molecule has 0 fully saturated rings. The number of halogens is 1. The molecule has 2 aliphatic rings. The topological polar surface area (TPSA) is 59.6 Å². The number of methoxy groups -OCH3 is 2. The maximum absolute atomic E-state index is 13.7. The van der Waals surface area contributed by atoms with Crippen LogP contribution in [0, 0.1) is 0 Å². The van der Waals surface area contributed by atoms with Crippen LogP contribution in [0.1, 0.15) is 35.9 Å². The Kier molecular flexibility index (Phi) is 5.85. The first-order valence-electron chi connectivity index (χ1n) is 10.9. The van der Waals surface area contributed by atoms with Crippen molar-refractivity contribution >= 4 is 33.1 Å². The van der Waals surface area contributed by atoms with E-state index in [0.717, 1.165) is 39.1 Å². The summed E-state index contributed by atoms with van der Waals surface area (Å²) in [5.41, 5.74) is 5.78. The first kappa shape index (κ1) is 21.6. The Morgan fingerprint density at radius 3 is 2.33 bits per heavy atom. The number of hydrogen-bond donors (Lipinski definition) is 2. The maximum atomic E-state index is 13.7. The number of fused-ring (bicyclic) bond motifs is 1. The van der Waals surface area contributed by atoms with Gasteiger partial charge in [0.05, 0.1) is 36.1 Å². The highest BCUT2D eigenvalue weighted by atomic mass is 79.9. The number of hydrogen-bond acceptors (Lipinski definition) is 5. The number of ketones is 1. The van der Waals surface area contributed by atoms with Crippen LogP contribution in [0.2, 0.25) is 0 Å². The molecule has 0 spiro atoms. The highest BCUT2D eigenvalue weighted by Crippen LogP contribution is 2.46. The zero-order chi connectivity index (χ0) is 22.9. The van der Waals surface area contributed by atoms with Gasteiger partial charge in [-0.15, -0.1) is 0 Å². The molecule has 1 aliphatic carbocycles. The van der Waals surface area contributed by atoms with Crippen LogP contribution < -0.4 is 20.1 Å². The van der Waals surface area contributed by atoms with Gasteiger partial charge >= 0.3 is 0 Å². The number of benzene rings is 3. The average Bonchev–Trinajstić information content (AvgIpc) is 3.01. The van der Waals surface area contributed by atoms with E-state index in [-0.39, 0.29) is 17.7 Å². The van der Waals surface area contributed by atoms with Crippen LogP contribution in [-0.4, -0.2) is 20.0 Å². The molecular weight excluding hydrogens is 480 g/mol. The second-order valence-corrected chi connectivity index (χ2v) is 9.17. The van der Waals surface area contributed by atoms with Crippen LogP contribution in [0.3, 0.4) is 0 Å². The van der Waals surface area contributed by atoms with Crippen molar-refractivity contribution in [1.82, 2.24) is 0 Å². The van der Waals surface area contributed by atoms with Crippen molar-refractivity contribution in [3.05, 3.63) is 93.6 Å². The third-order valence-electron chi connectivity index (χ3n) is 6.37. The molecule has 0 aromatic heterocycles. The molecule has 5 rings (SSSR count). The van der Waals surface area contributed by atoms with Gasteiger partial charge in [0.2, 0.25) is 0 Å². The lowest BCUT2D eigenvalue weighted by Gasteiger charge is -2.30. The van der Waals surface area contributed by atoms with E-state index >= 15 is 0 Å². The van der Waals surface area contributed by atoms with Crippen LogP contribution in [0.5, 0.6) is 11.5 Å². The molecule has 1 aliphatic heterocycles. The molecule has 5 nitrogen and oxygen atoms in total. The van der Waals surface area contributed by atoms with Crippen LogP contribution in [0.25, 0.3) is 0 Å². The van der Waals surface area contributed by atoms with Gasteiger partial charge in [-0.1, -0.05) is 42.5 Å². The fourth-order valence-corrected chi connectivity index (χ4v) is 5.43. The lowest BCUT2D eigenvalue weighted by Crippen LogP contribution is -2.27. The van der Waals surface area contributed by atoms with Crippen molar-refractivity contribution in [2.75, 3.05) is 24.9 Å².